The largest absolute Gasteiger partial charge is 0.409 e. The van der Waals surface area contributed by atoms with Crippen LogP contribution in [0.1, 0.15) is 39.5 Å². The zero-order chi connectivity index (χ0) is 12.9. The third-order valence-corrected chi connectivity index (χ3v) is 3.40. The molecule has 0 saturated heterocycles. The Morgan fingerprint density at radius 1 is 1.47 bits per heavy atom. The fraction of sp³-hybridized carbons (Fsp3) is 0.917. The molecule has 1 aliphatic rings. The minimum absolute atomic E-state index is 0.0796. The molecule has 0 aromatic rings. The summed E-state index contributed by atoms with van der Waals surface area (Å²) < 4.78 is 5.42. The highest BCUT2D eigenvalue weighted by Gasteiger charge is 2.30. The normalized spacial score (nSPS) is 17.8. The highest BCUT2D eigenvalue weighted by molar-refractivity contribution is 5.79. The van der Waals surface area contributed by atoms with Crippen molar-refractivity contribution in [3.63, 3.8) is 0 Å². The lowest BCUT2D eigenvalue weighted by Crippen LogP contribution is -2.35. The SMILES string of the molecule is COC(C)(C)CCN(CCC(N)=NO)C1CC1. The molecule has 0 bridgehead atoms. The van der Waals surface area contributed by atoms with Crippen molar-refractivity contribution in [2.75, 3.05) is 20.2 Å². The molecular weight excluding hydrogens is 218 g/mol. The van der Waals surface area contributed by atoms with E-state index in [1.165, 1.54) is 12.8 Å². The van der Waals surface area contributed by atoms with Crippen LogP contribution in [0.2, 0.25) is 0 Å². The van der Waals surface area contributed by atoms with Crippen molar-refractivity contribution >= 4 is 5.84 Å². The van der Waals surface area contributed by atoms with Crippen LogP contribution in [0.25, 0.3) is 0 Å². The quantitative estimate of drug-likeness (QED) is 0.292. The Hall–Kier alpha value is -0.810. The second kappa shape index (κ2) is 6.21. The smallest absolute Gasteiger partial charge is 0.140 e. The van der Waals surface area contributed by atoms with Crippen molar-refractivity contribution in [3.8, 4) is 0 Å². The predicted octanol–water partition coefficient (Wildman–Crippen LogP) is 1.40. The van der Waals surface area contributed by atoms with E-state index in [1.54, 1.807) is 7.11 Å². The van der Waals surface area contributed by atoms with E-state index in [0.29, 0.717) is 18.3 Å². The maximum atomic E-state index is 8.52. The van der Waals surface area contributed by atoms with Crippen LogP contribution in [0.4, 0.5) is 0 Å². The second-order valence-corrected chi connectivity index (χ2v) is 5.32. The van der Waals surface area contributed by atoms with E-state index in [0.717, 1.165) is 19.5 Å². The Kier molecular flexibility index (Phi) is 5.21. The molecule has 0 aliphatic heterocycles. The van der Waals surface area contributed by atoms with E-state index in [-0.39, 0.29) is 5.60 Å². The zero-order valence-electron chi connectivity index (χ0n) is 11.1. The summed E-state index contributed by atoms with van der Waals surface area (Å²) in [7, 11) is 1.75. The molecule has 17 heavy (non-hydrogen) atoms. The lowest BCUT2D eigenvalue weighted by molar-refractivity contribution is 0.00698. The van der Waals surface area contributed by atoms with Crippen molar-refractivity contribution < 1.29 is 9.94 Å². The van der Waals surface area contributed by atoms with Crippen LogP contribution in [-0.2, 0) is 4.74 Å². The monoisotopic (exact) mass is 243 g/mol. The molecule has 5 nitrogen and oxygen atoms in total. The summed E-state index contributed by atoms with van der Waals surface area (Å²) in [6.45, 7) is 6.06. The van der Waals surface area contributed by atoms with Crippen LogP contribution >= 0.6 is 0 Å². The van der Waals surface area contributed by atoms with Gasteiger partial charge in [-0.1, -0.05) is 5.16 Å². The van der Waals surface area contributed by atoms with Gasteiger partial charge in [0.05, 0.1) is 5.60 Å². The Morgan fingerprint density at radius 3 is 2.59 bits per heavy atom. The van der Waals surface area contributed by atoms with Gasteiger partial charge in [0.15, 0.2) is 0 Å². The summed E-state index contributed by atoms with van der Waals surface area (Å²) >= 11 is 0. The van der Waals surface area contributed by atoms with Crippen molar-refractivity contribution in [1.29, 1.82) is 0 Å². The molecule has 3 N–H and O–H groups in total. The van der Waals surface area contributed by atoms with E-state index < -0.39 is 0 Å². The highest BCUT2D eigenvalue weighted by Crippen LogP contribution is 2.28. The first kappa shape index (κ1) is 14.3. The molecule has 0 spiro atoms. The molecule has 0 radical (unpaired) electrons. The first-order valence-corrected chi connectivity index (χ1v) is 6.24. The summed E-state index contributed by atoms with van der Waals surface area (Å²) in [6, 6.07) is 0.689. The van der Waals surface area contributed by atoms with Gasteiger partial charge in [-0.3, -0.25) is 4.90 Å². The molecular formula is C12H25N3O2. The lowest BCUT2D eigenvalue weighted by Gasteiger charge is -2.28. The van der Waals surface area contributed by atoms with Crippen LogP contribution in [0.15, 0.2) is 5.16 Å². The van der Waals surface area contributed by atoms with E-state index in [4.69, 9.17) is 15.7 Å². The van der Waals surface area contributed by atoms with Crippen molar-refractivity contribution in [1.82, 2.24) is 4.90 Å². The summed E-state index contributed by atoms with van der Waals surface area (Å²) in [5.74, 6) is 0.307. The van der Waals surface area contributed by atoms with Gasteiger partial charge in [-0.05, 0) is 33.1 Å². The van der Waals surface area contributed by atoms with E-state index in [1.807, 2.05) is 0 Å². The van der Waals surface area contributed by atoms with Gasteiger partial charge in [0, 0.05) is 32.7 Å². The minimum atomic E-state index is -0.0796. The van der Waals surface area contributed by atoms with Crippen LogP contribution in [0.5, 0.6) is 0 Å². The number of amidine groups is 1. The summed E-state index contributed by atoms with van der Waals surface area (Å²) in [4.78, 5) is 2.42. The number of oxime groups is 1. The minimum Gasteiger partial charge on any atom is -0.409 e. The standard InChI is InChI=1S/C12H25N3O2/c1-12(2,17-3)7-9-15(10-4-5-10)8-6-11(13)14-16/h10,16H,4-9H2,1-3H3,(H2,13,14). The van der Waals surface area contributed by atoms with Gasteiger partial charge < -0.3 is 15.7 Å². The number of hydrogen-bond donors (Lipinski definition) is 2. The van der Waals surface area contributed by atoms with Crippen LogP contribution in [0, 0.1) is 0 Å². The molecule has 1 rings (SSSR count). The van der Waals surface area contributed by atoms with E-state index in [9.17, 15) is 0 Å². The Bertz CT molecular complexity index is 262. The van der Waals surface area contributed by atoms with Crippen molar-refractivity contribution in [2.45, 2.75) is 51.2 Å². The number of ether oxygens (including phenoxy) is 1. The third-order valence-electron chi connectivity index (χ3n) is 3.40. The molecule has 0 aromatic heterocycles. The Labute approximate surface area is 104 Å². The summed E-state index contributed by atoms with van der Waals surface area (Å²) in [5.41, 5.74) is 5.42. The maximum Gasteiger partial charge on any atom is 0.140 e. The molecule has 0 amide bonds. The number of nitrogens with zero attached hydrogens (tertiary/aromatic N) is 2. The molecule has 100 valence electrons. The van der Waals surface area contributed by atoms with E-state index in [2.05, 4.69) is 23.9 Å². The highest BCUT2D eigenvalue weighted by atomic mass is 16.5. The van der Waals surface area contributed by atoms with Crippen LogP contribution in [0.3, 0.4) is 0 Å². The molecule has 0 heterocycles. The molecule has 1 aliphatic carbocycles. The first-order chi connectivity index (χ1) is 7.98. The van der Waals surface area contributed by atoms with Gasteiger partial charge in [-0.25, -0.2) is 0 Å². The maximum absolute atomic E-state index is 8.52. The first-order valence-electron chi connectivity index (χ1n) is 6.24. The van der Waals surface area contributed by atoms with Gasteiger partial charge in [-0.2, -0.15) is 0 Å². The molecule has 1 saturated carbocycles. The third kappa shape index (κ3) is 5.37. The Balaban J connectivity index is 2.34. The van der Waals surface area contributed by atoms with Gasteiger partial charge in [0.25, 0.3) is 0 Å². The van der Waals surface area contributed by atoms with Gasteiger partial charge in [0.2, 0.25) is 0 Å². The van der Waals surface area contributed by atoms with Crippen LogP contribution in [-0.4, -0.2) is 47.8 Å². The van der Waals surface area contributed by atoms with Gasteiger partial charge >= 0.3 is 0 Å². The van der Waals surface area contributed by atoms with Crippen LogP contribution < -0.4 is 5.73 Å². The molecule has 1 fully saturated rings. The van der Waals surface area contributed by atoms with Crippen molar-refractivity contribution in [3.05, 3.63) is 0 Å². The fourth-order valence-corrected chi connectivity index (χ4v) is 1.74. The number of rotatable bonds is 8. The average Bonchev–Trinajstić information content (AvgIpc) is 3.12. The fourth-order valence-electron chi connectivity index (χ4n) is 1.74. The summed E-state index contributed by atoms with van der Waals surface area (Å²) in [5, 5.41) is 11.5. The Morgan fingerprint density at radius 2 is 2.12 bits per heavy atom. The summed E-state index contributed by atoms with van der Waals surface area (Å²) in [6.07, 6.45) is 4.16. The zero-order valence-corrected chi connectivity index (χ0v) is 11.1. The number of methoxy groups -OCH3 is 1. The lowest BCUT2D eigenvalue weighted by atomic mass is 10.0. The van der Waals surface area contributed by atoms with E-state index >= 15 is 0 Å². The average molecular weight is 243 g/mol. The number of nitrogens with two attached hydrogens (primary N) is 1. The molecule has 0 unspecified atom stereocenters. The second-order valence-electron chi connectivity index (χ2n) is 5.32. The van der Waals surface area contributed by atoms with Gasteiger partial charge in [-0.15, -0.1) is 0 Å². The number of hydrogen-bond acceptors (Lipinski definition) is 4. The molecule has 5 heteroatoms. The topological polar surface area (TPSA) is 71.1 Å². The molecule has 0 atom stereocenters. The van der Waals surface area contributed by atoms with Crippen molar-refractivity contribution in [2.24, 2.45) is 10.9 Å². The predicted molar refractivity (Wildman–Crippen MR) is 68.3 cm³/mol. The van der Waals surface area contributed by atoms with Gasteiger partial charge in [0.1, 0.15) is 5.84 Å². The molecule has 0 aromatic carbocycles.